The second kappa shape index (κ2) is 4.15. The Morgan fingerprint density at radius 2 is 1.88 bits per heavy atom. The molecule has 0 unspecified atom stereocenters. The molecule has 82 valence electrons. The van der Waals surface area contributed by atoms with Gasteiger partial charge >= 0.3 is 0 Å². The molecule has 0 aliphatic carbocycles. The van der Waals surface area contributed by atoms with Gasteiger partial charge in [0.25, 0.3) is 0 Å². The molecule has 17 heavy (non-hydrogen) atoms. The highest BCUT2D eigenvalue weighted by atomic mass is 35.5. The predicted octanol–water partition coefficient (Wildman–Crippen LogP) is 3.95. The van der Waals surface area contributed by atoms with E-state index in [4.69, 9.17) is 11.6 Å². The van der Waals surface area contributed by atoms with Crippen molar-refractivity contribution in [3.63, 3.8) is 0 Å². The van der Waals surface area contributed by atoms with Crippen LogP contribution < -0.4 is 0 Å². The number of hydrogen-bond donors (Lipinski definition) is 0. The van der Waals surface area contributed by atoms with Gasteiger partial charge in [0.2, 0.25) is 0 Å². The van der Waals surface area contributed by atoms with Gasteiger partial charge in [-0.3, -0.25) is 0 Å². The van der Waals surface area contributed by atoms with Gasteiger partial charge in [0, 0.05) is 22.2 Å². The molecule has 0 saturated heterocycles. The molecule has 0 N–H and O–H groups in total. The quantitative estimate of drug-likeness (QED) is 0.644. The van der Waals surface area contributed by atoms with E-state index in [9.17, 15) is 0 Å². The molecule has 3 rings (SSSR count). The van der Waals surface area contributed by atoms with Gasteiger partial charge < -0.3 is 0 Å². The van der Waals surface area contributed by atoms with Gasteiger partial charge in [-0.25, -0.2) is 9.97 Å². The third kappa shape index (κ3) is 1.99. The number of aromatic nitrogens is 2. The molecule has 3 heteroatoms. The van der Waals surface area contributed by atoms with Gasteiger partial charge in [-0.2, -0.15) is 0 Å². The van der Waals surface area contributed by atoms with E-state index >= 15 is 0 Å². The molecule has 0 aliphatic heterocycles. The molecule has 0 atom stereocenters. The summed E-state index contributed by atoms with van der Waals surface area (Å²) in [4.78, 5) is 8.76. The minimum absolute atomic E-state index is 0.713. The lowest BCUT2D eigenvalue weighted by Crippen LogP contribution is -1.87. The topological polar surface area (TPSA) is 25.8 Å². The number of pyridine rings is 2. The number of fused-ring (bicyclic) bond motifs is 1. The molecular weight excluding hydrogens is 232 g/mol. The Balaban J connectivity index is 2.18. The zero-order valence-corrected chi connectivity index (χ0v) is 9.72. The standard InChI is InChI=1S/C14H9ClN2/c15-12-5-1-3-11(9-12)13-7-6-10-4-2-8-16-14(10)17-13/h1-9H. The molecule has 0 aliphatic rings. The third-order valence-electron chi connectivity index (χ3n) is 2.58. The Bertz CT molecular complexity index is 680. The van der Waals surface area contributed by atoms with Crippen LogP contribution in [0.2, 0.25) is 5.02 Å². The summed E-state index contributed by atoms with van der Waals surface area (Å²) in [5.74, 6) is 0. The van der Waals surface area contributed by atoms with Crippen LogP contribution in [0.15, 0.2) is 54.7 Å². The van der Waals surface area contributed by atoms with Crippen molar-refractivity contribution in [1.82, 2.24) is 9.97 Å². The SMILES string of the molecule is Clc1cccc(-c2ccc3cccnc3n2)c1. The van der Waals surface area contributed by atoms with Crippen LogP contribution in [-0.4, -0.2) is 9.97 Å². The van der Waals surface area contributed by atoms with Gasteiger partial charge in [-0.15, -0.1) is 0 Å². The van der Waals surface area contributed by atoms with E-state index in [-0.39, 0.29) is 0 Å². The average molecular weight is 241 g/mol. The lowest BCUT2D eigenvalue weighted by Gasteiger charge is -2.02. The first kappa shape index (κ1) is 10.2. The summed E-state index contributed by atoms with van der Waals surface area (Å²) in [6.45, 7) is 0. The number of nitrogens with zero attached hydrogens (tertiary/aromatic N) is 2. The Morgan fingerprint density at radius 3 is 2.76 bits per heavy atom. The molecule has 0 fully saturated rings. The smallest absolute Gasteiger partial charge is 0.159 e. The van der Waals surface area contributed by atoms with Crippen LogP contribution in [0.3, 0.4) is 0 Å². The first-order valence-electron chi connectivity index (χ1n) is 5.31. The van der Waals surface area contributed by atoms with Crippen LogP contribution in [0.4, 0.5) is 0 Å². The van der Waals surface area contributed by atoms with Gasteiger partial charge in [0.15, 0.2) is 5.65 Å². The fourth-order valence-electron chi connectivity index (χ4n) is 1.76. The molecule has 0 spiro atoms. The van der Waals surface area contributed by atoms with Gasteiger partial charge in [0.1, 0.15) is 0 Å². The molecule has 3 aromatic rings. The van der Waals surface area contributed by atoms with E-state index in [2.05, 4.69) is 9.97 Å². The number of benzene rings is 1. The van der Waals surface area contributed by atoms with E-state index < -0.39 is 0 Å². The second-order valence-corrected chi connectivity index (χ2v) is 4.19. The highest BCUT2D eigenvalue weighted by Crippen LogP contribution is 2.22. The van der Waals surface area contributed by atoms with Crippen LogP contribution in [-0.2, 0) is 0 Å². The summed E-state index contributed by atoms with van der Waals surface area (Å²) in [7, 11) is 0. The van der Waals surface area contributed by atoms with E-state index in [1.165, 1.54) is 0 Å². The highest BCUT2D eigenvalue weighted by molar-refractivity contribution is 6.30. The van der Waals surface area contributed by atoms with Crippen LogP contribution in [0.5, 0.6) is 0 Å². The van der Waals surface area contributed by atoms with Crippen molar-refractivity contribution in [3.05, 3.63) is 59.8 Å². The summed E-state index contributed by atoms with van der Waals surface area (Å²) in [5.41, 5.74) is 2.65. The van der Waals surface area contributed by atoms with Crippen LogP contribution in [0, 0.1) is 0 Å². The maximum Gasteiger partial charge on any atom is 0.159 e. The summed E-state index contributed by atoms with van der Waals surface area (Å²) < 4.78 is 0. The summed E-state index contributed by atoms with van der Waals surface area (Å²) in [6, 6.07) is 15.6. The van der Waals surface area contributed by atoms with Crippen LogP contribution in [0.1, 0.15) is 0 Å². The van der Waals surface area contributed by atoms with Crippen LogP contribution >= 0.6 is 11.6 Å². The number of hydrogen-bond acceptors (Lipinski definition) is 2. The van der Waals surface area contributed by atoms with Gasteiger partial charge in [-0.05, 0) is 36.4 Å². The number of halogens is 1. The lowest BCUT2D eigenvalue weighted by molar-refractivity contribution is 1.29. The molecule has 2 heterocycles. The zero-order chi connectivity index (χ0) is 11.7. The van der Waals surface area contributed by atoms with Gasteiger partial charge in [0.05, 0.1) is 5.69 Å². The first-order valence-corrected chi connectivity index (χ1v) is 5.68. The van der Waals surface area contributed by atoms with Crippen molar-refractivity contribution < 1.29 is 0 Å². The molecule has 0 saturated carbocycles. The second-order valence-electron chi connectivity index (χ2n) is 3.76. The zero-order valence-electron chi connectivity index (χ0n) is 8.97. The molecule has 2 aromatic heterocycles. The molecule has 1 aromatic carbocycles. The van der Waals surface area contributed by atoms with E-state index in [1.807, 2.05) is 48.5 Å². The summed E-state index contributed by atoms with van der Waals surface area (Å²) in [6.07, 6.45) is 1.75. The molecule has 0 amide bonds. The van der Waals surface area contributed by atoms with E-state index in [0.717, 1.165) is 22.3 Å². The molecular formula is C14H9ClN2. The van der Waals surface area contributed by atoms with Gasteiger partial charge in [-0.1, -0.05) is 23.7 Å². The monoisotopic (exact) mass is 240 g/mol. The first-order chi connectivity index (χ1) is 8.33. The Hall–Kier alpha value is -1.93. The van der Waals surface area contributed by atoms with E-state index in [0.29, 0.717) is 5.02 Å². The van der Waals surface area contributed by atoms with Crippen molar-refractivity contribution in [3.8, 4) is 11.3 Å². The van der Waals surface area contributed by atoms with Crippen molar-refractivity contribution in [2.45, 2.75) is 0 Å². The Kier molecular flexibility index (Phi) is 2.50. The molecule has 2 nitrogen and oxygen atoms in total. The maximum absolute atomic E-state index is 5.97. The minimum Gasteiger partial charge on any atom is -0.237 e. The van der Waals surface area contributed by atoms with E-state index in [1.54, 1.807) is 6.20 Å². The third-order valence-corrected chi connectivity index (χ3v) is 2.82. The van der Waals surface area contributed by atoms with Crippen molar-refractivity contribution >= 4 is 22.6 Å². The molecule has 0 radical (unpaired) electrons. The highest BCUT2D eigenvalue weighted by Gasteiger charge is 2.02. The van der Waals surface area contributed by atoms with Crippen molar-refractivity contribution in [2.75, 3.05) is 0 Å². The maximum atomic E-state index is 5.97. The lowest BCUT2D eigenvalue weighted by atomic mass is 10.1. The molecule has 0 bridgehead atoms. The predicted molar refractivity (Wildman–Crippen MR) is 70.0 cm³/mol. The average Bonchev–Trinajstić information content (AvgIpc) is 2.38. The fraction of sp³-hybridized carbons (Fsp3) is 0. The Morgan fingerprint density at radius 1 is 0.941 bits per heavy atom. The Labute approximate surface area is 104 Å². The van der Waals surface area contributed by atoms with Crippen molar-refractivity contribution in [2.24, 2.45) is 0 Å². The summed E-state index contributed by atoms with van der Waals surface area (Å²) in [5, 5.41) is 1.75. The summed E-state index contributed by atoms with van der Waals surface area (Å²) >= 11 is 5.97. The largest absolute Gasteiger partial charge is 0.237 e. The number of rotatable bonds is 1. The van der Waals surface area contributed by atoms with Crippen LogP contribution in [0.25, 0.3) is 22.3 Å². The van der Waals surface area contributed by atoms with Crippen molar-refractivity contribution in [1.29, 1.82) is 0 Å². The normalized spacial score (nSPS) is 10.6. The fourth-order valence-corrected chi connectivity index (χ4v) is 1.95. The minimum atomic E-state index is 0.713.